The van der Waals surface area contributed by atoms with Gasteiger partial charge in [0.25, 0.3) is 0 Å². The second-order valence-electron chi connectivity index (χ2n) is 8.60. The summed E-state index contributed by atoms with van der Waals surface area (Å²) < 4.78 is 11.6. The smallest absolute Gasteiger partial charge is 0.322 e. The highest BCUT2D eigenvalue weighted by atomic mass is 16.5. The number of carbonyl (C=O) groups excluding carboxylic acids is 1. The molecule has 4 rings (SSSR count). The van der Waals surface area contributed by atoms with E-state index in [1.807, 2.05) is 95.9 Å². The van der Waals surface area contributed by atoms with Crippen molar-refractivity contribution in [2.75, 3.05) is 12.4 Å². The van der Waals surface area contributed by atoms with E-state index < -0.39 is 0 Å². The number of fused-ring (bicyclic) bond motifs is 1. The van der Waals surface area contributed by atoms with Crippen LogP contribution in [0.5, 0.6) is 11.5 Å². The van der Waals surface area contributed by atoms with E-state index in [4.69, 9.17) is 9.47 Å². The maximum Gasteiger partial charge on any atom is 0.322 e. The summed E-state index contributed by atoms with van der Waals surface area (Å²) >= 11 is 0. The molecule has 0 saturated carbocycles. The average Bonchev–Trinajstić information content (AvgIpc) is 2.91. The molecule has 0 radical (unpaired) electrons. The third kappa shape index (κ3) is 5.93. The Morgan fingerprint density at radius 1 is 0.886 bits per heavy atom. The van der Waals surface area contributed by atoms with E-state index in [-0.39, 0.29) is 12.1 Å². The van der Waals surface area contributed by atoms with Crippen molar-refractivity contribution in [3.63, 3.8) is 0 Å². The Labute approximate surface area is 207 Å². The largest absolute Gasteiger partial charge is 0.493 e. The molecule has 5 nitrogen and oxygen atoms in total. The Kier molecular flexibility index (Phi) is 7.88. The number of benzene rings is 4. The van der Waals surface area contributed by atoms with E-state index >= 15 is 0 Å². The minimum absolute atomic E-state index is 0.0602. The van der Waals surface area contributed by atoms with Gasteiger partial charge < -0.3 is 19.7 Å². The third-order valence-corrected chi connectivity index (χ3v) is 6.23. The third-order valence-electron chi connectivity index (χ3n) is 6.23. The van der Waals surface area contributed by atoms with Gasteiger partial charge in [0.2, 0.25) is 0 Å². The lowest BCUT2D eigenvalue weighted by Crippen LogP contribution is -2.40. The first-order chi connectivity index (χ1) is 17.1. The fourth-order valence-corrected chi connectivity index (χ4v) is 4.03. The van der Waals surface area contributed by atoms with Crippen molar-refractivity contribution in [1.29, 1.82) is 0 Å². The Morgan fingerprint density at radius 2 is 1.63 bits per heavy atom. The van der Waals surface area contributed by atoms with E-state index in [0.717, 1.165) is 34.0 Å². The van der Waals surface area contributed by atoms with Crippen LogP contribution in [0.2, 0.25) is 0 Å². The molecule has 0 bridgehead atoms. The summed E-state index contributed by atoms with van der Waals surface area (Å²) in [4.78, 5) is 15.3. The maximum absolute atomic E-state index is 13.4. The van der Waals surface area contributed by atoms with Gasteiger partial charge >= 0.3 is 6.03 Å². The summed E-state index contributed by atoms with van der Waals surface area (Å²) in [5, 5.41) is 5.25. The van der Waals surface area contributed by atoms with Gasteiger partial charge in [-0.15, -0.1) is 0 Å². The zero-order valence-electron chi connectivity index (χ0n) is 20.5. The lowest BCUT2D eigenvalue weighted by atomic mass is 10.1. The van der Waals surface area contributed by atoms with Crippen LogP contribution in [0.15, 0.2) is 91.0 Å². The number of carbonyl (C=O) groups is 1. The molecule has 0 saturated heterocycles. The molecule has 2 amide bonds. The van der Waals surface area contributed by atoms with Gasteiger partial charge in [-0.25, -0.2) is 4.79 Å². The number of ether oxygens (including phenoxy) is 2. The fourth-order valence-electron chi connectivity index (χ4n) is 4.03. The Balaban J connectivity index is 1.51. The van der Waals surface area contributed by atoms with Crippen LogP contribution >= 0.6 is 0 Å². The van der Waals surface area contributed by atoms with Crippen LogP contribution in [-0.2, 0) is 13.2 Å². The van der Waals surface area contributed by atoms with Crippen molar-refractivity contribution in [2.45, 2.75) is 39.5 Å². The lowest BCUT2D eigenvalue weighted by Gasteiger charge is -2.29. The highest BCUT2D eigenvalue weighted by molar-refractivity contribution is 6.01. The summed E-state index contributed by atoms with van der Waals surface area (Å²) in [5.41, 5.74) is 2.87. The van der Waals surface area contributed by atoms with Gasteiger partial charge in [0.15, 0.2) is 11.5 Å². The van der Waals surface area contributed by atoms with E-state index in [9.17, 15) is 4.79 Å². The van der Waals surface area contributed by atoms with Crippen molar-refractivity contribution in [1.82, 2.24) is 4.90 Å². The van der Waals surface area contributed by atoms with Gasteiger partial charge in [-0.1, -0.05) is 79.7 Å². The zero-order valence-corrected chi connectivity index (χ0v) is 20.5. The topological polar surface area (TPSA) is 50.8 Å². The second kappa shape index (κ2) is 11.4. The normalized spacial score (nSPS) is 11.6. The van der Waals surface area contributed by atoms with Crippen LogP contribution in [0.3, 0.4) is 0 Å². The molecule has 35 heavy (non-hydrogen) atoms. The molecular weight excluding hydrogens is 436 g/mol. The van der Waals surface area contributed by atoms with E-state index in [2.05, 4.69) is 19.2 Å². The minimum Gasteiger partial charge on any atom is -0.493 e. The van der Waals surface area contributed by atoms with Crippen molar-refractivity contribution in [3.05, 3.63) is 102 Å². The summed E-state index contributed by atoms with van der Waals surface area (Å²) in [6.45, 7) is 5.07. The Bertz CT molecular complexity index is 1270. The van der Waals surface area contributed by atoms with Crippen LogP contribution < -0.4 is 14.8 Å². The van der Waals surface area contributed by atoms with Gasteiger partial charge in [-0.3, -0.25) is 0 Å². The van der Waals surface area contributed by atoms with Gasteiger partial charge in [-0.2, -0.15) is 0 Å². The van der Waals surface area contributed by atoms with E-state index in [0.29, 0.717) is 24.7 Å². The number of hydrogen-bond donors (Lipinski definition) is 1. The van der Waals surface area contributed by atoms with Crippen LogP contribution in [0.25, 0.3) is 10.8 Å². The standard InChI is InChI=1S/C30H32N2O3/c1-4-22(2)32(30(33)31-27-16-10-14-25-13-8-9-15-26(25)27)20-24-17-18-28(29(19-24)34-3)35-21-23-11-6-5-7-12-23/h5-19,22H,4,20-21H2,1-3H3,(H,31,33). The number of amides is 2. The summed E-state index contributed by atoms with van der Waals surface area (Å²) in [5.74, 6) is 1.33. The molecule has 0 spiro atoms. The predicted molar refractivity (Wildman–Crippen MR) is 142 cm³/mol. The van der Waals surface area contributed by atoms with Crippen LogP contribution in [0.4, 0.5) is 10.5 Å². The first-order valence-electron chi connectivity index (χ1n) is 12.0. The summed E-state index contributed by atoms with van der Waals surface area (Å²) in [6.07, 6.45) is 0.846. The molecule has 180 valence electrons. The molecule has 4 aromatic rings. The molecule has 0 aromatic heterocycles. The van der Waals surface area contributed by atoms with Crippen LogP contribution in [0.1, 0.15) is 31.4 Å². The van der Waals surface area contributed by atoms with Gasteiger partial charge in [0, 0.05) is 18.0 Å². The molecule has 5 heteroatoms. The molecule has 1 atom stereocenters. The molecule has 1 N–H and O–H groups in total. The monoisotopic (exact) mass is 468 g/mol. The fraction of sp³-hybridized carbons (Fsp3) is 0.233. The average molecular weight is 469 g/mol. The minimum atomic E-state index is -0.126. The number of methoxy groups -OCH3 is 1. The number of nitrogens with zero attached hydrogens (tertiary/aromatic N) is 1. The predicted octanol–water partition coefficient (Wildman–Crippen LogP) is 7.26. The Morgan fingerprint density at radius 3 is 2.40 bits per heavy atom. The SMILES string of the molecule is CCC(C)N(Cc1ccc(OCc2ccccc2)c(OC)c1)C(=O)Nc1cccc2ccccc12. The zero-order chi connectivity index (χ0) is 24.6. The highest BCUT2D eigenvalue weighted by Gasteiger charge is 2.21. The van der Waals surface area contributed by atoms with Crippen LogP contribution in [0, 0.1) is 0 Å². The molecule has 0 heterocycles. The van der Waals surface area contributed by atoms with Gasteiger partial charge in [0.1, 0.15) is 6.61 Å². The number of urea groups is 1. The van der Waals surface area contributed by atoms with Crippen molar-refractivity contribution < 1.29 is 14.3 Å². The first-order valence-corrected chi connectivity index (χ1v) is 12.0. The van der Waals surface area contributed by atoms with Crippen molar-refractivity contribution >= 4 is 22.5 Å². The highest BCUT2D eigenvalue weighted by Crippen LogP contribution is 2.30. The molecule has 0 aliphatic carbocycles. The number of rotatable bonds is 9. The molecule has 0 aliphatic heterocycles. The van der Waals surface area contributed by atoms with E-state index in [1.54, 1.807) is 7.11 Å². The Hall–Kier alpha value is -3.99. The molecule has 4 aromatic carbocycles. The quantitative estimate of drug-likeness (QED) is 0.281. The second-order valence-corrected chi connectivity index (χ2v) is 8.60. The van der Waals surface area contributed by atoms with Crippen molar-refractivity contribution in [3.8, 4) is 11.5 Å². The molecule has 1 unspecified atom stereocenters. The van der Waals surface area contributed by atoms with Crippen LogP contribution in [-0.4, -0.2) is 24.1 Å². The van der Waals surface area contributed by atoms with Crippen molar-refractivity contribution in [2.24, 2.45) is 0 Å². The number of hydrogen-bond acceptors (Lipinski definition) is 3. The number of anilines is 1. The molecule has 0 fully saturated rings. The van der Waals surface area contributed by atoms with Gasteiger partial charge in [-0.05, 0) is 48.1 Å². The summed E-state index contributed by atoms with van der Waals surface area (Å²) in [6, 6.07) is 29.8. The van der Waals surface area contributed by atoms with E-state index in [1.165, 1.54) is 0 Å². The number of nitrogens with one attached hydrogen (secondary N) is 1. The lowest BCUT2D eigenvalue weighted by molar-refractivity contribution is 0.187. The maximum atomic E-state index is 13.4. The van der Waals surface area contributed by atoms with Gasteiger partial charge in [0.05, 0.1) is 12.8 Å². The molecule has 0 aliphatic rings. The summed E-state index contributed by atoms with van der Waals surface area (Å²) in [7, 11) is 1.63. The molecular formula is C30H32N2O3. The first kappa shape index (κ1) is 24.1.